The van der Waals surface area contributed by atoms with Crippen LogP contribution >= 0.6 is 0 Å². The third-order valence-electron chi connectivity index (χ3n) is 2.66. The second-order valence-electron chi connectivity index (χ2n) is 3.86. The van der Waals surface area contributed by atoms with Crippen LogP contribution in [0, 0.1) is 0 Å². The van der Waals surface area contributed by atoms with Crippen LogP contribution in [0.3, 0.4) is 0 Å². The molecule has 1 heteroatoms. The maximum Gasteiger partial charge on any atom is 0.158 e. The molecule has 0 bridgehead atoms. The molecule has 1 fully saturated rings. The maximum atomic E-state index is 11.4. The quantitative estimate of drug-likeness (QED) is 0.477. The van der Waals surface area contributed by atoms with E-state index in [1.165, 1.54) is 25.7 Å². The van der Waals surface area contributed by atoms with Gasteiger partial charge in [0.2, 0.25) is 0 Å². The van der Waals surface area contributed by atoms with E-state index in [1.54, 1.807) is 0 Å². The van der Waals surface area contributed by atoms with Crippen LogP contribution in [0.1, 0.15) is 58.3 Å². The summed E-state index contributed by atoms with van der Waals surface area (Å²) < 4.78 is 0. The average molecular weight is 180 g/mol. The Kier molecular flexibility index (Phi) is 4.81. The van der Waals surface area contributed by atoms with Gasteiger partial charge < -0.3 is 0 Å². The molecule has 0 atom stereocenters. The Morgan fingerprint density at radius 1 is 1.23 bits per heavy atom. The lowest BCUT2D eigenvalue weighted by molar-refractivity contribution is -0.116. The van der Waals surface area contributed by atoms with Gasteiger partial charge in [-0.15, -0.1) is 0 Å². The molecule has 0 aromatic rings. The summed E-state index contributed by atoms with van der Waals surface area (Å²) in [6.07, 6.45) is 11.2. The van der Waals surface area contributed by atoms with Gasteiger partial charge in [0.05, 0.1) is 0 Å². The first-order chi connectivity index (χ1) is 6.34. The third kappa shape index (κ3) is 3.75. The summed E-state index contributed by atoms with van der Waals surface area (Å²) in [7, 11) is 0. The SMILES string of the molecule is CCCCCC=C1CCCCC1=O. The van der Waals surface area contributed by atoms with Crippen molar-refractivity contribution >= 4 is 5.78 Å². The minimum atomic E-state index is 0.405. The van der Waals surface area contributed by atoms with Gasteiger partial charge in [-0.05, 0) is 37.7 Å². The van der Waals surface area contributed by atoms with Crippen molar-refractivity contribution in [2.75, 3.05) is 0 Å². The van der Waals surface area contributed by atoms with Crippen molar-refractivity contribution in [2.45, 2.75) is 58.3 Å². The number of allylic oxidation sites excluding steroid dienone is 2. The van der Waals surface area contributed by atoms with Crippen molar-refractivity contribution in [3.8, 4) is 0 Å². The van der Waals surface area contributed by atoms with E-state index in [0.717, 1.165) is 31.3 Å². The number of carbonyl (C=O) groups is 1. The van der Waals surface area contributed by atoms with E-state index in [1.807, 2.05) is 0 Å². The van der Waals surface area contributed by atoms with E-state index in [0.29, 0.717) is 5.78 Å². The molecule has 0 heterocycles. The molecule has 0 spiro atoms. The molecule has 0 saturated heterocycles. The summed E-state index contributed by atoms with van der Waals surface area (Å²) in [4.78, 5) is 11.4. The van der Waals surface area contributed by atoms with Crippen LogP contribution in [-0.4, -0.2) is 5.78 Å². The molecule has 0 N–H and O–H groups in total. The molecular weight excluding hydrogens is 160 g/mol. The Morgan fingerprint density at radius 3 is 2.69 bits per heavy atom. The van der Waals surface area contributed by atoms with E-state index < -0.39 is 0 Å². The number of hydrogen-bond acceptors (Lipinski definition) is 1. The van der Waals surface area contributed by atoms with Crippen molar-refractivity contribution in [1.82, 2.24) is 0 Å². The van der Waals surface area contributed by atoms with Crippen LogP contribution in [0.2, 0.25) is 0 Å². The summed E-state index contributed by atoms with van der Waals surface area (Å²) >= 11 is 0. The van der Waals surface area contributed by atoms with E-state index in [4.69, 9.17) is 0 Å². The number of Topliss-reactive ketones (excluding diaryl/α,β-unsaturated/α-hetero) is 1. The lowest BCUT2D eigenvalue weighted by Gasteiger charge is -2.12. The van der Waals surface area contributed by atoms with Crippen LogP contribution in [0.15, 0.2) is 11.6 Å². The monoisotopic (exact) mass is 180 g/mol. The Hall–Kier alpha value is -0.590. The van der Waals surface area contributed by atoms with Gasteiger partial charge in [-0.3, -0.25) is 4.79 Å². The molecule has 74 valence electrons. The summed E-state index contributed by atoms with van der Waals surface area (Å²) in [5, 5.41) is 0. The smallest absolute Gasteiger partial charge is 0.158 e. The number of rotatable bonds is 4. The minimum Gasteiger partial charge on any atom is -0.295 e. The van der Waals surface area contributed by atoms with Crippen LogP contribution in [0.4, 0.5) is 0 Å². The first-order valence-electron chi connectivity index (χ1n) is 5.57. The van der Waals surface area contributed by atoms with Gasteiger partial charge in [-0.2, -0.15) is 0 Å². The van der Waals surface area contributed by atoms with Gasteiger partial charge >= 0.3 is 0 Å². The molecule has 0 aliphatic heterocycles. The summed E-state index contributed by atoms with van der Waals surface area (Å²) in [5.41, 5.74) is 1.11. The molecule has 0 radical (unpaired) electrons. The second-order valence-corrected chi connectivity index (χ2v) is 3.86. The van der Waals surface area contributed by atoms with Gasteiger partial charge in [-0.1, -0.05) is 25.8 Å². The number of unbranched alkanes of at least 4 members (excludes halogenated alkanes) is 3. The second kappa shape index (κ2) is 5.95. The van der Waals surface area contributed by atoms with Crippen molar-refractivity contribution in [1.29, 1.82) is 0 Å². The largest absolute Gasteiger partial charge is 0.295 e. The van der Waals surface area contributed by atoms with Gasteiger partial charge in [0.15, 0.2) is 5.78 Å². The fourth-order valence-electron chi connectivity index (χ4n) is 1.79. The molecule has 1 saturated carbocycles. The molecular formula is C12H20O. The predicted molar refractivity (Wildman–Crippen MR) is 55.7 cm³/mol. The van der Waals surface area contributed by atoms with Gasteiger partial charge in [-0.25, -0.2) is 0 Å². The molecule has 13 heavy (non-hydrogen) atoms. The average Bonchev–Trinajstić information content (AvgIpc) is 2.15. The standard InChI is InChI=1S/C12H20O/c1-2-3-4-5-8-11-9-6-7-10-12(11)13/h8H,2-7,9-10H2,1H3. The molecule has 0 aromatic carbocycles. The number of ketones is 1. The van der Waals surface area contributed by atoms with E-state index in [9.17, 15) is 4.79 Å². The number of carbonyl (C=O) groups excluding carboxylic acids is 1. The zero-order chi connectivity index (χ0) is 9.52. The highest BCUT2D eigenvalue weighted by Gasteiger charge is 2.13. The topological polar surface area (TPSA) is 17.1 Å². The highest BCUT2D eigenvalue weighted by atomic mass is 16.1. The Morgan fingerprint density at radius 2 is 2.00 bits per heavy atom. The lowest BCUT2D eigenvalue weighted by Crippen LogP contribution is -2.08. The fourth-order valence-corrected chi connectivity index (χ4v) is 1.79. The van der Waals surface area contributed by atoms with Crippen LogP contribution in [0.5, 0.6) is 0 Å². The molecule has 1 aliphatic rings. The zero-order valence-electron chi connectivity index (χ0n) is 8.64. The number of hydrogen-bond donors (Lipinski definition) is 0. The highest BCUT2D eigenvalue weighted by molar-refractivity contribution is 5.95. The summed E-state index contributed by atoms with van der Waals surface area (Å²) in [6.45, 7) is 2.21. The van der Waals surface area contributed by atoms with Crippen molar-refractivity contribution in [3.05, 3.63) is 11.6 Å². The van der Waals surface area contributed by atoms with Gasteiger partial charge in [0.25, 0.3) is 0 Å². The predicted octanol–water partition coefficient (Wildman–Crippen LogP) is 3.64. The van der Waals surface area contributed by atoms with Crippen LogP contribution in [-0.2, 0) is 4.79 Å². The lowest BCUT2D eigenvalue weighted by atomic mass is 9.92. The molecule has 1 nitrogen and oxygen atoms in total. The minimum absolute atomic E-state index is 0.405. The van der Waals surface area contributed by atoms with E-state index in [-0.39, 0.29) is 0 Å². The Bertz CT molecular complexity index is 191. The van der Waals surface area contributed by atoms with Gasteiger partial charge in [0.1, 0.15) is 0 Å². The first-order valence-corrected chi connectivity index (χ1v) is 5.57. The summed E-state index contributed by atoms with van der Waals surface area (Å²) in [6, 6.07) is 0. The molecule has 0 amide bonds. The summed E-state index contributed by atoms with van der Waals surface area (Å²) in [5.74, 6) is 0.405. The van der Waals surface area contributed by atoms with E-state index >= 15 is 0 Å². The molecule has 0 aromatic heterocycles. The van der Waals surface area contributed by atoms with Gasteiger partial charge in [0, 0.05) is 6.42 Å². The molecule has 1 aliphatic carbocycles. The van der Waals surface area contributed by atoms with Crippen LogP contribution in [0.25, 0.3) is 0 Å². The van der Waals surface area contributed by atoms with Crippen molar-refractivity contribution in [3.63, 3.8) is 0 Å². The van der Waals surface area contributed by atoms with Crippen LogP contribution < -0.4 is 0 Å². The first kappa shape index (κ1) is 10.5. The Labute approximate surface area is 81.2 Å². The Balaban J connectivity index is 2.27. The molecule has 0 unspecified atom stereocenters. The van der Waals surface area contributed by atoms with E-state index in [2.05, 4.69) is 13.0 Å². The normalized spacial score (nSPS) is 21.0. The third-order valence-corrected chi connectivity index (χ3v) is 2.66. The highest BCUT2D eigenvalue weighted by Crippen LogP contribution is 2.20. The van der Waals surface area contributed by atoms with Crippen molar-refractivity contribution in [2.24, 2.45) is 0 Å². The fraction of sp³-hybridized carbons (Fsp3) is 0.750. The molecule has 1 rings (SSSR count). The maximum absolute atomic E-state index is 11.4. The zero-order valence-corrected chi connectivity index (χ0v) is 8.64. The van der Waals surface area contributed by atoms with Crippen molar-refractivity contribution < 1.29 is 4.79 Å².